The number of hydrogen-bond acceptors (Lipinski definition) is 5. The molecule has 1 saturated heterocycles. The zero-order valence-corrected chi connectivity index (χ0v) is 15.6. The van der Waals surface area contributed by atoms with E-state index in [0.717, 1.165) is 56.2 Å². The number of aromatic nitrogens is 5. The Morgan fingerprint density at radius 1 is 1.19 bits per heavy atom. The monoisotopic (exact) mass is 369 g/mol. The molecule has 1 saturated carbocycles. The van der Waals surface area contributed by atoms with E-state index in [1.54, 1.807) is 6.08 Å². The molecule has 2 aromatic heterocycles. The van der Waals surface area contributed by atoms with E-state index >= 15 is 0 Å². The van der Waals surface area contributed by atoms with Crippen LogP contribution in [0, 0.1) is 11.8 Å². The zero-order valence-electron chi connectivity index (χ0n) is 15.6. The van der Waals surface area contributed by atoms with Crippen LogP contribution in [0.4, 0.5) is 0 Å². The van der Waals surface area contributed by atoms with Crippen molar-refractivity contribution in [1.29, 1.82) is 0 Å². The number of rotatable bonds is 7. The summed E-state index contributed by atoms with van der Waals surface area (Å²) in [5.74, 6) is 1.25. The molecular formula is C19H27N7O. The third kappa shape index (κ3) is 4.82. The van der Waals surface area contributed by atoms with E-state index in [2.05, 4.69) is 15.4 Å². The lowest BCUT2D eigenvalue weighted by Gasteiger charge is -2.32. The molecule has 1 atom stereocenters. The van der Waals surface area contributed by atoms with Gasteiger partial charge in [-0.25, -0.2) is 0 Å². The smallest absolute Gasteiger partial charge is 0.246 e. The van der Waals surface area contributed by atoms with Crippen LogP contribution in [0.15, 0.2) is 24.7 Å². The summed E-state index contributed by atoms with van der Waals surface area (Å²) >= 11 is 0. The molecule has 0 radical (unpaired) electrons. The molecule has 2 aliphatic rings. The Morgan fingerprint density at radius 2 is 2.04 bits per heavy atom. The van der Waals surface area contributed by atoms with Crippen LogP contribution in [-0.2, 0) is 24.4 Å². The van der Waals surface area contributed by atoms with Gasteiger partial charge >= 0.3 is 0 Å². The van der Waals surface area contributed by atoms with E-state index in [1.807, 2.05) is 38.9 Å². The van der Waals surface area contributed by atoms with Crippen molar-refractivity contribution in [1.82, 2.24) is 29.7 Å². The lowest BCUT2D eigenvalue weighted by Crippen LogP contribution is -2.40. The van der Waals surface area contributed by atoms with Crippen molar-refractivity contribution in [2.45, 2.75) is 45.3 Å². The first-order valence-corrected chi connectivity index (χ1v) is 9.78. The molecule has 8 heteroatoms. The average molecular weight is 369 g/mol. The first kappa shape index (κ1) is 17.9. The fraction of sp³-hybridized carbons (Fsp3) is 0.579. The van der Waals surface area contributed by atoms with Crippen molar-refractivity contribution in [2.24, 2.45) is 17.6 Å². The van der Waals surface area contributed by atoms with Gasteiger partial charge in [0.25, 0.3) is 0 Å². The van der Waals surface area contributed by atoms with E-state index in [0.29, 0.717) is 12.5 Å². The molecular weight excluding hydrogens is 342 g/mol. The summed E-state index contributed by atoms with van der Waals surface area (Å²) in [7, 11) is 0. The third-order valence-electron chi connectivity index (χ3n) is 5.28. The van der Waals surface area contributed by atoms with Gasteiger partial charge in [0.15, 0.2) is 0 Å². The van der Waals surface area contributed by atoms with Crippen molar-refractivity contribution in [3.63, 3.8) is 0 Å². The Morgan fingerprint density at radius 3 is 2.81 bits per heavy atom. The van der Waals surface area contributed by atoms with Gasteiger partial charge in [0.2, 0.25) is 5.91 Å². The van der Waals surface area contributed by atoms with Gasteiger partial charge in [-0.1, -0.05) is 5.21 Å². The number of nitrogens with zero attached hydrogens (tertiary/aromatic N) is 6. The van der Waals surface area contributed by atoms with Gasteiger partial charge < -0.3 is 10.6 Å². The maximum atomic E-state index is 12.6. The van der Waals surface area contributed by atoms with Gasteiger partial charge in [-0.2, -0.15) is 5.10 Å². The van der Waals surface area contributed by atoms with Crippen molar-refractivity contribution in [3.05, 3.63) is 35.9 Å². The maximum Gasteiger partial charge on any atom is 0.246 e. The topological polar surface area (TPSA) is 94.9 Å². The van der Waals surface area contributed by atoms with E-state index in [9.17, 15) is 4.79 Å². The van der Waals surface area contributed by atoms with Gasteiger partial charge in [0.1, 0.15) is 0 Å². The minimum atomic E-state index is 0.0656. The molecule has 0 bridgehead atoms. The highest BCUT2D eigenvalue weighted by molar-refractivity contribution is 5.91. The second-order valence-electron chi connectivity index (χ2n) is 7.70. The van der Waals surface area contributed by atoms with Gasteiger partial charge in [-0.15, -0.1) is 5.10 Å². The molecule has 1 amide bonds. The molecule has 2 N–H and O–H groups in total. The number of nitrogens with two attached hydrogens (primary N) is 1. The number of carbonyl (C=O) groups excluding carboxylic acids is 1. The minimum Gasteiger partial charge on any atom is -0.339 e. The minimum absolute atomic E-state index is 0.0656. The fourth-order valence-electron chi connectivity index (χ4n) is 3.60. The Balaban J connectivity index is 1.30. The summed E-state index contributed by atoms with van der Waals surface area (Å²) in [5, 5.41) is 12.5. The molecule has 0 spiro atoms. The molecule has 8 nitrogen and oxygen atoms in total. The summed E-state index contributed by atoms with van der Waals surface area (Å²) < 4.78 is 3.82. The summed E-state index contributed by atoms with van der Waals surface area (Å²) in [6, 6.07) is 0. The zero-order chi connectivity index (χ0) is 18.6. The first-order valence-electron chi connectivity index (χ1n) is 9.78. The van der Waals surface area contributed by atoms with E-state index < -0.39 is 0 Å². The second-order valence-corrected chi connectivity index (χ2v) is 7.70. The maximum absolute atomic E-state index is 12.6. The Bertz CT molecular complexity index is 805. The number of hydrogen-bond donors (Lipinski definition) is 1. The van der Waals surface area contributed by atoms with Gasteiger partial charge in [0, 0.05) is 56.8 Å². The van der Waals surface area contributed by atoms with E-state index in [1.165, 1.54) is 12.8 Å². The number of amides is 1. The lowest BCUT2D eigenvalue weighted by atomic mass is 9.98. The number of carbonyl (C=O) groups is 1. The summed E-state index contributed by atoms with van der Waals surface area (Å²) in [6.45, 7) is 3.73. The van der Waals surface area contributed by atoms with Crippen LogP contribution in [0.3, 0.4) is 0 Å². The molecule has 144 valence electrons. The van der Waals surface area contributed by atoms with Crippen LogP contribution in [-0.4, -0.2) is 48.7 Å². The van der Waals surface area contributed by atoms with Gasteiger partial charge in [-0.05, 0) is 43.6 Å². The van der Waals surface area contributed by atoms with Gasteiger partial charge in [0.05, 0.1) is 11.9 Å². The number of likely N-dealkylation sites (tertiary alicyclic amines) is 1. The van der Waals surface area contributed by atoms with Crippen LogP contribution in [0.2, 0.25) is 0 Å². The van der Waals surface area contributed by atoms with Crippen molar-refractivity contribution < 1.29 is 4.79 Å². The van der Waals surface area contributed by atoms with Crippen molar-refractivity contribution >= 4 is 12.0 Å². The van der Waals surface area contributed by atoms with Crippen LogP contribution < -0.4 is 5.73 Å². The molecule has 2 aromatic rings. The van der Waals surface area contributed by atoms with Crippen LogP contribution in [0.5, 0.6) is 0 Å². The quantitative estimate of drug-likeness (QED) is 0.742. The standard InChI is InChI=1S/C19H27N7O/c20-8-18-14-26(23-22-18)13-17-2-1-7-24(10-17)19(27)6-5-16-9-21-25(12-16)11-15-3-4-15/h5-6,9,12,14-15,17H,1-4,7-8,10-11,13,20H2/b6-5+/t17-/m1/s1. The molecule has 0 unspecified atom stereocenters. The molecule has 1 aliphatic heterocycles. The molecule has 4 rings (SSSR count). The highest BCUT2D eigenvalue weighted by atomic mass is 16.2. The average Bonchev–Trinajstić information content (AvgIpc) is 3.19. The predicted octanol–water partition coefficient (Wildman–Crippen LogP) is 1.30. The molecule has 2 fully saturated rings. The SMILES string of the molecule is NCc1cn(C[C@@H]2CCCN(C(=O)/C=C/c3cnn(CC4CC4)c3)C2)nn1. The number of piperidine rings is 1. The van der Waals surface area contributed by atoms with Crippen molar-refractivity contribution in [2.75, 3.05) is 13.1 Å². The summed E-state index contributed by atoms with van der Waals surface area (Å²) in [6.07, 6.45) is 14.0. The molecule has 3 heterocycles. The highest BCUT2D eigenvalue weighted by Gasteiger charge is 2.23. The summed E-state index contributed by atoms with van der Waals surface area (Å²) in [4.78, 5) is 14.5. The molecule has 1 aliphatic carbocycles. The predicted molar refractivity (Wildman–Crippen MR) is 101 cm³/mol. The van der Waals surface area contributed by atoms with Crippen molar-refractivity contribution in [3.8, 4) is 0 Å². The Hall–Kier alpha value is -2.48. The highest BCUT2D eigenvalue weighted by Crippen LogP contribution is 2.30. The second kappa shape index (κ2) is 8.04. The lowest BCUT2D eigenvalue weighted by molar-refractivity contribution is -0.127. The summed E-state index contributed by atoms with van der Waals surface area (Å²) in [5.41, 5.74) is 7.36. The fourth-order valence-corrected chi connectivity index (χ4v) is 3.60. The van der Waals surface area contributed by atoms with Gasteiger partial charge in [-0.3, -0.25) is 14.2 Å². The largest absolute Gasteiger partial charge is 0.339 e. The Labute approximate surface area is 159 Å². The third-order valence-corrected chi connectivity index (χ3v) is 5.28. The van der Waals surface area contributed by atoms with E-state index in [4.69, 9.17) is 5.73 Å². The molecule has 27 heavy (non-hydrogen) atoms. The molecule has 0 aromatic carbocycles. The van der Waals surface area contributed by atoms with E-state index in [-0.39, 0.29) is 5.91 Å². The van der Waals surface area contributed by atoms with Crippen LogP contribution in [0.1, 0.15) is 36.9 Å². The Kier molecular flexibility index (Phi) is 5.33. The van der Waals surface area contributed by atoms with Crippen LogP contribution >= 0.6 is 0 Å². The normalized spacial score (nSPS) is 20.5. The first-order chi connectivity index (χ1) is 13.2. The van der Waals surface area contributed by atoms with Crippen LogP contribution in [0.25, 0.3) is 6.08 Å².